The molecule has 1 aromatic carbocycles. The quantitative estimate of drug-likeness (QED) is 0.339. The lowest BCUT2D eigenvalue weighted by atomic mass is 10.2. The molecule has 0 aliphatic heterocycles. The fraction of sp³-hybridized carbons (Fsp3) is 0.222. The zero-order valence-corrected chi connectivity index (χ0v) is 10.5. The van der Waals surface area contributed by atoms with E-state index in [1.54, 1.807) is 0 Å². The number of rotatable bonds is 6. The van der Waals surface area contributed by atoms with Crippen LogP contribution in [0.2, 0.25) is 0 Å². The predicted octanol–water partition coefficient (Wildman–Crippen LogP) is 2.19. The molecular formula is C9H10NO7P. The van der Waals surface area contributed by atoms with Crippen LogP contribution in [0.3, 0.4) is 0 Å². The Labute approximate surface area is 102 Å². The summed E-state index contributed by atoms with van der Waals surface area (Å²) < 4.78 is 25.6. The standard InChI is InChI=1S/C9H10NO7P/c1-15-18(14,16-2)17-8-3-4-9(10(12)13)7(5-8)6-11/h3-6H,1-2H3. The molecule has 0 saturated carbocycles. The smallest absolute Gasteiger partial charge is 0.404 e. The topological polar surface area (TPSA) is 105 Å². The fourth-order valence-electron chi connectivity index (χ4n) is 1.13. The van der Waals surface area contributed by atoms with Crippen LogP contribution in [0.4, 0.5) is 5.69 Å². The highest BCUT2D eigenvalue weighted by molar-refractivity contribution is 7.48. The molecular weight excluding hydrogens is 265 g/mol. The Morgan fingerprint density at radius 1 is 1.33 bits per heavy atom. The zero-order valence-electron chi connectivity index (χ0n) is 9.56. The van der Waals surface area contributed by atoms with E-state index in [4.69, 9.17) is 4.52 Å². The van der Waals surface area contributed by atoms with Crippen molar-refractivity contribution in [3.63, 3.8) is 0 Å². The highest BCUT2D eigenvalue weighted by atomic mass is 31.2. The molecule has 98 valence electrons. The number of carbonyl (C=O) groups is 1. The molecule has 8 nitrogen and oxygen atoms in total. The van der Waals surface area contributed by atoms with Crippen LogP contribution in [0.1, 0.15) is 10.4 Å². The number of hydrogen-bond acceptors (Lipinski definition) is 7. The molecule has 0 bridgehead atoms. The van der Waals surface area contributed by atoms with Gasteiger partial charge in [-0.1, -0.05) is 0 Å². The minimum Gasteiger partial charge on any atom is -0.404 e. The van der Waals surface area contributed by atoms with Crippen LogP contribution in [0, 0.1) is 10.1 Å². The molecule has 0 saturated heterocycles. The Balaban J connectivity index is 3.10. The zero-order chi connectivity index (χ0) is 13.8. The second-order valence-electron chi connectivity index (χ2n) is 3.00. The number of nitro benzene ring substituents is 1. The van der Waals surface area contributed by atoms with Crippen molar-refractivity contribution in [1.82, 2.24) is 0 Å². The summed E-state index contributed by atoms with van der Waals surface area (Å²) in [7, 11) is -1.52. The van der Waals surface area contributed by atoms with Gasteiger partial charge in [0, 0.05) is 20.3 Å². The molecule has 0 radical (unpaired) electrons. The van der Waals surface area contributed by atoms with E-state index < -0.39 is 12.7 Å². The highest BCUT2D eigenvalue weighted by Gasteiger charge is 2.25. The van der Waals surface area contributed by atoms with Crippen molar-refractivity contribution in [3.05, 3.63) is 33.9 Å². The summed E-state index contributed by atoms with van der Waals surface area (Å²) >= 11 is 0. The third-order valence-corrected chi connectivity index (χ3v) is 3.32. The lowest BCUT2D eigenvalue weighted by Crippen LogP contribution is -1.99. The number of carbonyl (C=O) groups excluding carboxylic acids is 1. The van der Waals surface area contributed by atoms with Crippen LogP contribution in [-0.4, -0.2) is 25.4 Å². The maximum Gasteiger partial charge on any atom is 0.529 e. The largest absolute Gasteiger partial charge is 0.529 e. The summed E-state index contributed by atoms with van der Waals surface area (Å²) in [5, 5.41) is 10.6. The number of aldehydes is 1. The lowest BCUT2D eigenvalue weighted by Gasteiger charge is -2.14. The average Bonchev–Trinajstić information content (AvgIpc) is 2.38. The molecule has 0 heterocycles. The third-order valence-electron chi connectivity index (χ3n) is 1.99. The molecule has 1 aromatic rings. The number of phosphoric ester groups is 1. The normalized spacial score (nSPS) is 11.0. The minimum atomic E-state index is -3.76. The summed E-state index contributed by atoms with van der Waals surface area (Å²) in [6, 6.07) is 3.33. The second kappa shape index (κ2) is 5.72. The Hall–Kier alpha value is -1.76. The molecule has 0 amide bonds. The Bertz CT molecular complexity index is 508. The van der Waals surface area contributed by atoms with Crippen molar-refractivity contribution in [3.8, 4) is 5.75 Å². The van der Waals surface area contributed by atoms with Gasteiger partial charge in [0.15, 0.2) is 6.29 Å². The van der Waals surface area contributed by atoms with E-state index in [9.17, 15) is 19.5 Å². The first kappa shape index (κ1) is 14.3. The molecule has 18 heavy (non-hydrogen) atoms. The summed E-state index contributed by atoms with van der Waals surface area (Å²) in [4.78, 5) is 20.6. The van der Waals surface area contributed by atoms with Gasteiger partial charge in [-0.25, -0.2) is 4.57 Å². The van der Waals surface area contributed by atoms with E-state index in [1.807, 2.05) is 0 Å². The molecule has 0 aliphatic carbocycles. The molecule has 9 heteroatoms. The first-order valence-corrected chi connectivity index (χ1v) is 6.06. The fourth-order valence-corrected chi connectivity index (χ4v) is 1.80. The summed E-state index contributed by atoms with van der Waals surface area (Å²) in [6.45, 7) is 0. The van der Waals surface area contributed by atoms with Gasteiger partial charge in [-0.3, -0.25) is 24.0 Å². The second-order valence-corrected chi connectivity index (χ2v) is 4.81. The summed E-state index contributed by atoms with van der Waals surface area (Å²) in [5.41, 5.74) is -0.571. The Morgan fingerprint density at radius 3 is 2.39 bits per heavy atom. The van der Waals surface area contributed by atoms with Gasteiger partial charge in [-0.15, -0.1) is 0 Å². The lowest BCUT2D eigenvalue weighted by molar-refractivity contribution is -0.385. The molecule has 0 aromatic heterocycles. The van der Waals surface area contributed by atoms with Gasteiger partial charge in [0.1, 0.15) is 5.75 Å². The molecule has 0 atom stereocenters. The van der Waals surface area contributed by atoms with Crippen LogP contribution < -0.4 is 4.52 Å². The molecule has 1 rings (SSSR count). The number of nitro groups is 1. The maximum atomic E-state index is 11.6. The molecule has 0 spiro atoms. The van der Waals surface area contributed by atoms with Crippen molar-refractivity contribution in [1.29, 1.82) is 0 Å². The first-order chi connectivity index (χ1) is 8.45. The summed E-state index contributed by atoms with van der Waals surface area (Å²) in [6.07, 6.45) is 0.301. The SMILES string of the molecule is COP(=O)(OC)Oc1ccc([N+](=O)[O-])c(C=O)c1. The van der Waals surface area contributed by atoms with E-state index in [2.05, 4.69) is 9.05 Å². The molecule has 0 unspecified atom stereocenters. The van der Waals surface area contributed by atoms with Crippen LogP contribution in [0.15, 0.2) is 18.2 Å². The average molecular weight is 275 g/mol. The van der Waals surface area contributed by atoms with Crippen LogP contribution >= 0.6 is 7.82 Å². The van der Waals surface area contributed by atoms with Crippen molar-refractivity contribution in [2.45, 2.75) is 0 Å². The van der Waals surface area contributed by atoms with Crippen LogP contribution in [0.5, 0.6) is 5.75 Å². The van der Waals surface area contributed by atoms with E-state index in [0.717, 1.165) is 26.4 Å². The Kier molecular flexibility index (Phi) is 4.55. The third kappa shape index (κ3) is 3.13. The minimum absolute atomic E-state index is 0.0327. The molecule has 0 N–H and O–H groups in total. The van der Waals surface area contributed by atoms with Crippen molar-refractivity contribution >= 4 is 19.8 Å². The van der Waals surface area contributed by atoms with Gasteiger partial charge in [-0.2, -0.15) is 0 Å². The van der Waals surface area contributed by atoms with Gasteiger partial charge in [0.05, 0.1) is 10.5 Å². The van der Waals surface area contributed by atoms with Gasteiger partial charge in [-0.05, 0) is 12.1 Å². The van der Waals surface area contributed by atoms with E-state index in [-0.39, 0.29) is 17.0 Å². The van der Waals surface area contributed by atoms with Gasteiger partial charge in [0.25, 0.3) is 5.69 Å². The van der Waals surface area contributed by atoms with Gasteiger partial charge in [0.2, 0.25) is 0 Å². The van der Waals surface area contributed by atoms with Crippen molar-refractivity contribution in [2.75, 3.05) is 14.2 Å². The monoisotopic (exact) mass is 275 g/mol. The van der Waals surface area contributed by atoms with E-state index in [0.29, 0.717) is 6.29 Å². The number of phosphoric acid groups is 1. The molecule has 0 aliphatic rings. The number of benzene rings is 1. The number of hydrogen-bond donors (Lipinski definition) is 0. The first-order valence-electron chi connectivity index (χ1n) is 4.60. The van der Waals surface area contributed by atoms with Crippen LogP contribution in [-0.2, 0) is 13.6 Å². The predicted molar refractivity (Wildman–Crippen MR) is 60.7 cm³/mol. The highest BCUT2D eigenvalue weighted by Crippen LogP contribution is 2.48. The maximum absolute atomic E-state index is 11.6. The van der Waals surface area contributed by atoms with Gasteiger partial charge >= 0.3 is 7.82 Å². The van der Waals surface area contributed by atoms with Crippen LogP contribution in [0.25, 0.3) is 0 Å². The van der Waals surface area contributed by atoms with Crippen molar-refractivity contribution < 1.29 is 27.9 Å². The summed E-state index contributed by atoms with van der Waals surface area (Å²) in [5.74, 6) is -0.0327. The van der Waals surface area contributed by atoms with E-state index >= 15 is 0 Å². The number of nitrogens with zero attached hydrogens (tertiary/aromatic N) is 1. The van der Waals surface area contributed by atoms with E-state index in [1.165, 1.54) is 6.07 Å². The molecule has 0 fully saturated rings. The van der Waals surface area contributed by atoms with Crippen molar-refractivity contribution in [2.24, 2.45) is 0 Å². The van der Waals surface area contributed by atoms with Gasteiger partial charge < -0.3 is 4.52 Å². The Morgan fingerprint density at radius 2 is 1.94 bits per heavy atom.